The molecule has 0 saturated heterocycles. The van der Waals surface area contributed by atoms with Crippen molar-refractivity contribution >= 4 is 10.0 Å². The Morgan fingerprint density at radius 1 is 1.04 bits per heavy atom. The van der Waals surface area contributed by atoms with Crippen LogP contribution in [0.15, 0.2) is 47.4 Å². The van der Waals surface area contributed by atoms with Crippen molar-refractivity contribution in [1.82, 2.24) is 4.72 Å². The molecule has 1 atom stereocenters. The Kier molecular flexibility index (Phi) is 5.69. The minimum atomic E-state index is -4.18. The minimum Gasteiger partial charge on any atom is -0.323 e. The van der Waals surface area contributed by atoms with E-state index in [2.05, 4.69) is 18.6 Å². The first-order valence-corrected chi connectivity index (χ1v) is 9.00. The fourth-order valence-electron chi connectivity index (χ4n) is 2.21. The Hall–Kier alpha value is -1.83. The molecule has 0 saturated carbocycles. The average Bonchev–Trinajstić information content (AvgIpc) is 2.55. The van der Waals surface area contributed by atoms with Crippen LogP contribution in [0.5, 0.6) is 0 Å². The number of hydrogen-bond acceptors (Lipinski definition) is 3. The summed E-state index contributed by atoms with van der Waals surface area (Å²) in [6.45, 7) is 4.01. The van der Waals surface area contributed by atoms with Gasteiger partial charge in [-0.25, -0.2) is 21.9 Å². The predicted molar refractivity (Wildman–Crippen MR) is 89.0 cm³/mol. The average molecular weight is 354 g/mol. The first-order valence-electron chi connectivity index (χ1n) is 7.51. The Morgan fingerprint density at radius 2 is 1.62 bits per heavy atom. The SMILES string of the molecule is CC(C)c1ccc(C(N)CNS(=O)(=O)c2cccc(F)c2F)cc1. The third-order valence-electron chi connectivity index (χ3n) is 3.73. The fraction of sp³-hybridized carbons (Fsp3) is 0.294. The topological polar surface area (TPSA) is 72.2 Å². The van der Waals surface area contributed by atoms with Crippen molar-refractivity contribution in [3.05, 3.63) is 65.2 Å². The van der Waals surface area contributed by atoms with Gasteiger partial charge in [0.1, 0.15) is 4.90 Å². The highest BCUT2D eigenvalue weighted by atomic mass is 32.2. The van der Waals surface area contributed by atoms with Gasteiger partial charge in [-0.3, -0.25) is 0 Å². The normalized spacial score (nSPS) is 13.2. The molecule has 0 amide bonds. The molecular formula is C17H20F2N2O2S. The number of sulfonamides is 1. The van der Waals surface area contributed by atoms with Crippen LogP contribution in [-0.4, -0.2) is 15.0 Å². The molecule has 1 unspecified atom stereocenters. The molecule has 2 rings (SSSR count). The van der Waals surface area contributed by atoms with Gasteiger partial charge in [-0.15, -0.1) is 0 Å². The second-order valence-corrected chi connectivity index (χ2v) is 7.57. The maximum atomic E-state index is 13.6. The van der Waals surface area contributed by atoms with Gasteiger partial charge in [0.05, 0.1) is 0 Å². The molecule has 7 heteroatoms. The van der Waals surface area contributed by atoms with Crippen LogP contribution < -0.4 is 10.5 Å². The van der Waals surface area contributed by atoms with E-state index >= 15 is 0 Å². The molecule has 2 aromatic carbocycles. The molecule has 0 bridgehead atoms. The first kappa shape index (κ1) is 18.5. The molecule has 130 valence electrons. The molecule has 4 nitrogen and oxygen atoms in total. The second-order valence-electron chi connectivity index (χ2n) is 5.83. The summed E-state index contributed by atoms with van der Waals surface area (Å²) in [7, 11) is -4.18. The van der Waals surface area contributed by atoms with Gasteiger partial charge in [-0.2, -0.15) is 0 Å². The van der Waals surface area contributed by atoms with Crippen molar-refractivity contribution in [1.29, 1.82) is 0 Å². The monoisotopic (exact) mass is 354 g/mol. The molecular weight excluding hydrogens is 334 g/mol. The summed E-state index contributed by atoms with van der Waals surface area (Å²) in [5, 5.41) is 0. The van der Waals surface area contributed by atoms with E-state index in [0.29, 0.717) is 5.92 Å². The molecule has 0 aliphatic rings. The summed E-state index contributed by atoms with van der Waals surface area (Å²) in [4.78, 5) is -0.732. The maximum absolute atomic E-state index is 13.6. The molecule has 0 fully saturated rings. The lowest BCUT2D eigenvalue weighted by molar-refractivity contribution is 0.482. The van der Waals surface area contributed by atoms with Crippen molar-refractivity contribution in [3.8, 4) is 0 Å². The number of benzene rings is 2. The fourth-order valence-corrected chi connectivity index (χ4v) is 3.36. The van der Waals surface area contributed by atoms with Crippen LogP contribution in [0.1, 0.15) is 36.9 Å². The number of nitrogens with one attached hydrogen (secondary N) is 1. The summed E-state index contributed by atoms with van der Waals surface area (Å²) < 4.78 is 53.3. The molecule has 0 aromatic heterocycles. The van der Waals surface area contributed by atoms with Gasteiger partial charge in [-0.1, -0.05) is 44.2 Å². The van der Waals surface area contributed by atoms with Crippen LogP contribution in [0.3, 0.4) is 0 Å². The van der Waals surface area contributed by atoms with E-state index in [1.54, 1.807) is 0 Å². The van der Waals surface area contributed by atoms with Crippen molar-refractivity contribution in [2.75, 3.05) is 6.54 Å². The van der Waals surface area contributed by atoms with Gasteiger partial charge in [0.25, 0.3) is 0 Å². The summed E-state index contributed by atoms with van der Waals surface area (Å²) in [6, 6.07) is 9.92. The van der Waals surface area contributed by atoms with Gasteiger partial charge < -0.3 is 5.73 Å². The molecule has 0 spiro atoms. The lowest BCUT2D eigenvalue weighted by Crippen LogP contribution is -2.32. The van der Waals surface area contributed by atoms with Gasteiger partial charge in [0, 0.05) is 12.6 Å². The number of nitrogens with two attached hydrogens (primary N) is 1. The van der Waals surface area contributed by atoms with E-state index in [1.807, 2.05) is 24.3 Å². The van der Waals surface area contributed by atoms with Crippen LogP contribution in [0, 0.1) is 11.6 Å². The molecule has 24 heavy (non-hydrogen) atoms. The molecule has 0 radical (unpaired) electrons. The zero-order valence-electron chi connectivity index (χ0n) is 13.5. The van der Waals surface area contributed by atoms with E-state index in [1.165, 1.54) is 0 Å². The minimum absolute atomic E-state index is 0.126. The van der Waals surface area contributed by atoms with Crippen molar-refractivity contribution in [3.63, 3.8) is 0 Å². The highest BCUT2D eigenvalue weighted by molar-refractivity contribution is 7.89. The molecule has 0 heterocycles. The Morgan fingerprint density at radius 3 is 2.21 bits per heavy atom. The zero-order valence-corrected chi connectivity index (χ0v) is 14.3. The highest BCUT2D eigenvalue weighted by Gasteiger charge is 2.22. The Labute approximate surface area is 140 Å². The molecule has 0 aliphatic heterocycles. The predicted octanol–water partition coefficient (Wildman–Crippen LogP) is 3.07. The van der Waals surface area contributed by atoms with Gasteiger partial charge in [0.15, 0.2) is 11.6 Å². The molecule has 2 aromatic rings. The van der Waals surface area contributed by atoms with Crippen molar-refractivity contribution in [2.45, 2.75) is 30.7 Å². The van der Waals surface area contributed by atoms with E-state index < -0.39 is 32.6 Å². The molecule has 0 aliphatic carbocycles. The number of hydrogen-bond donors (Lipinski definition) is 2. The summed E-state index contributed by atoms with van der Waals surface area (Å²) in [5.74, 6) is -2.24. The van der Waals surface area contributed by atoms with Gasteiger partial charge in [-0.05, 0) is 29.2 Å². The van der Waals surface area contributed by atoms with Crippen molar-refractivity contribution < 1.29 is 17.2 Å². The van der Waals surface area contributed by atoms with E-state index in [9.17, 15) is 17.2 Å². The van der Waals surface area contributed by atoms with Gasteiger partial charge in [0.2, 0.25) is 10.0 Å². The Bertz CT molecular complexity index is 806. The van der Waals surface area contributed by atoms with E-state index in [4.69, 9.17) is 5.73 Å². The first-order chi connectivity index (χ1) is 11.2. The zero-order chi connectivity index (χ0) is 17.9. The second kappa shape index (κ2) is 7.38. The van der Waals surface area contributed by atoms with Crippen LogP contribution >= 0.6 is 0 Å². The molecule has 3 N–H and O–H groups in total. The van der Waals surface area contributed by atoms with Crippen LogP contribution in [-0.2, 0) is 10.0 Å². The lowest BCUT2D eigenvalue weighted by atomic mass is 9.99. The smallest absolute Gasteiger partial charge is 0.243 e. The quantitative estimate of drug-likeness (QED) is 0.837. The van der Waals surface area contributed by atoms with Gasteiger partial charge >= 0.3 is 0 Å². The number of halogens is 2. The highest BCUT2D eigenvalue weighted by Crippen LogP contribution is 2.19. The van der Waals surface area contributed by atoms with Crippen LogP contribution in [0.2, 0.25) is 0 Å². The lowest BCUT2D eigenvalue weighted by Gasteiger charge is -2.15. The summed E-state index contributed by atoms with van der Waals surface area (Å²) in [6.07, 6.45) is 0. The van der Waals surface area contributed by atoms with Crippen LogP contribution in [0.25, 0.3) is 0 Å². The largest absolute Gasteiger partial charge is 0.323 e. The maximum Gasteiger partial charge on any atom is 0.243 e. The summed E-state index contributed by atoms with van der Waals surface area (Å²) in [5.41, 5.74) is 7.88. The van der Waals surface area contributed by atoms with Crippen molar-refractivity contribution in [2.24, 2.45) is 5.73 Å². The summed E-state index contributed by atoms with van der Waals surface area (Å²) >= 11 is 0. The van der Waals surface area contributed by atoms with E-state index in [0.717, 1.165) is 29.3 Å². The third kappa shape index (κ3) is 4.17. The third-order valence-corrected chi connectivity index (χ3v) is 5.17. The van der Waals surface area contributed by atoms with E-state index in [-0.39, 0.29) is 6.54 Å². The Balaban J connectivity index is 2.10. The number of rotatable bonds is 6. The van der Waals surface area contributed by atoms with Crippen LogP contribution in [0.4, 0.5) is 8.78 Å². The standard InChI is InChI=1S/C17H20F2N2O2S/c1-11(2)12-6-8-13(9-7-12)15(20)10-21-24(22,23)16-5-3-4-14(18)17(16)19/h3-9,11,15,21H,10,20H2,1-2H3.